The first kappa shape index (κ1) is 12.7. The maximum atomic E-state index is 5.32. The van der Waals surface area contributed by atoms with Gasteiger partial charge in [0.1, 0.15) is 5.76 Å². The van der Waals surface area contributed by atoms with Gasteiger partial charge in [-0.2, -0.15) is 0 Å². The first-order valence-electron chi connectivity index (χ1n) is 5.09. The Labute approximate surface area is 99.3 Å². The van der Waals surface area contributed by atoms with Crippen molar-refractivity contribution in [2.45, 2.75) is 26.4 Å². The van der Waals surface area contributed by atoms with Crippen molar-refractivity contribution in [3.05, 3.63) is 22.6 Å². The minimum atomic E-state index is 0.354. The monoisotopic (exact) mass is 275 g/mol. The van der Waals surface area contributed by atoms with Gasteiger partial charge < -0.3 is 14.5 Å². The van der Waals surface area contributed by atoms with Gasteiger partial charge in [0, 0.05) is 13.2 Å². The summed E-state index contributed by atoms with van der Waals surface area (Å²) in [4.78, 5) is 0. The maximum Gasteiger partial charge on any atom is 0.131 e. The van der Waals surface area contributed by atoms with E-state index in [0.29, 0.717) is 12.0 Å². The van der Waals surface area contributed by atoms with Crippen LogP contribution in [0.1, 0.15) is 19.6 Å². The molecule has 0 spiro atoms. The molecule has 0 aliphatic rings. The number of nitrogens with one attached hydrogen (secondary N) is 1. The van der Waals surface area contributed by atoms with Crippen molar-refractivity contribution in [1.82, 2.24) is 5.32 Å². The molecule has 0 saturated carbocycles. The van der Waals surface area contributed by atoms with Crippen LogP contribution >= 0.6 is 15.9 Å². The van der Waals surface area contributed by atoms with Crippen molar-refractivity contribution in [1.29, 1.82) is 0 Å². The van der Waals surface area contributed by atoms with Crippen molar-refractivity contribution < 1.29 is 9.15 Å². The second kappa shape index (κ2) is 6.30. The molecule has 1 heterocycles. The van der Waals surface area contributed by atoms with Gasteiger partial charge in [0.15, 0.2) is 0 Å². The van der Waals surface area contributed by atoms with E-state index in [4.69, 9.17) is 9.15 Å². The van der Waals surface area contributed by atoms with E-state index in [-0.39, 0.29) is 0 Å². The molecule has 0 saturated heterocycles. The third kappa shape index (κ3) is 3.97. The lowest BCUT2D eigenvalue weighted by molar-refractivity contribution is 0.145. The highest BCUT2D eigenvalue weighted by Crippen LogP contribution is 2.17. The first-order valence-corrected chi connectivity index (χ1v) is 5.88. The molecule has 1 rings (SSSR count). The summed E-state index contributed by atoms with van der Waals surface area (Å²) in [7, 11) is 1.72. The number of halogens is 1. The molecule has 1 aromatic rings. The lowest BCUT2D eigenvalue weighted by atomic mass is 10.1. The fourth-order valence-corrected chi connectivity index (χ4v) is 1.68. The Hall–Kier alpha value is -0.320. The minimum absolute atomic E-state index is 0.354. The molecule has 3 nitrogen and oxygen atoms in total. The van der Waals surface area contributed by atoms with Crippen LogP contribution in [0, 0.1) is 5.92 Å². The molecular weight excluding hydrogens is 258 g/mol. The van der Waals surface area contributed by atoms with Gasteiger partial charge in [0.25, 0.3) is 0 Å². The van der Waals surface area contributed by atoms with Crippen LogP contribution in [0.25, 0.3) is 0 Å². The zero-order valence-corrected chi connectivity index (χ0v) is 11.0. The smallest absolute Gasteiger partial charge is 0.131 e. The first-order chi connectivity index (χ1) is 7.15. The van der Waals surface area contributed by atoms with E-state index < -0.39 is 0 Å². The average Bonchev–Trinajstić information content (AvgIpc) is 2.58. The lowest BCUT2D eigenvalue weighted by Gasteiger charge is -2.21. The number of hydrogen-bond donors (Lipinski definition) is 1. The molecule has 15 heavy (non-hydrogen) atoms. The van der Waals surface area contributed by atoms with Gasteiger partial charge in [-0.05, 0) is 27.9 Å². The van der Waals surface area contributed by atoms with E-state index in [0.717, 1.165) is 23.4 Å². The number of methoxy groups -OCH3 is 1. The number of ether oxygens (including phenoxy) is 1. The highest BCUT2D eigenvalue weighted by Gasteiger charge is 2.13. The molecular formula is C11H18BrNO2. The van der Waals surface area contributed by atoms with Crippen LogP contribution in [0.15, 0.2) is 21.2 Å². The SMILES string of the molecule is COCC(NCc1occc1Br)C(C)C. The zero-order chi connectivity index (χ0) is 11.3. The number of rotatable bonds is 6. The summed E-state index contributed by atoms with van der Waals surface area (Å²) in [6.07, 6.45) is 1.68. The summed E-state index contributed by atoms with van der Waals surface area (Å²) < 4.78 is 11.5. The summed E-state index contributed by atoms with van der Waals surface area (Å²) >= 11 is 3.43. The van der Waals surface area contributed by atoms with Crippen molar-refractivity contribution in [2.75, 3.05) is 13.7 Å². The normalized spacial score (nSPS) is 13.4. The summed E-state index contributed by atoms with van der Waals surface area (Å²) in [6, 6.07) is 2.25. The Morgan fingerprint density at radius 2 is 2.27 bits per heavy atom. The Kier molecular flexibility index (Phi) is 5.36. The van der Waals surface area contributed by atoms with Crippen LogP contribution in [-0.2, 0) is 11.3 Å². The van der Waals surface area contributed by atoms with Gasteiger partial charge >= 0.3 is 0 Å². The van der Waals surface area contributed by atoms with Crippen LogP contribution in [0.3, 0.4) is 0 Å². The van der Waals surface area contributed by atoms with Crippen molar-refractivity contribution in [3.63, 3.8) is 0 Å². The molecule has 0 aromatic carbocycles. The van der Waals surface area contributed by atoms with Crippen LogP contribution in [0.2, 0.25) is 0 Å². The molecule has 86 valence electrons. The van der Waals surface area contributed by atoms with Crippen molar-refractivity contribution in [2.24, 2.45) is 5.92 Å². The van der Waals surface area contributed by atoms with Crippen molar-refractivity contribution in [3.8, 4) is 0 Å². The largest absolute Gasteiger partial charge is 0.467 e. The van der Waals surface area contributed by atoms with E-state index in [9.17, 15) is 0 Å². The molecule has 4 heteroatoms. The highest BCUT2D eigenvalue weighted by atomic mass is 79.9. The lowest BCUT2D eigenvalue weighted by Crippen LogP contribution is -2.37. The second-order valence-electron chi connectivity index (χ2n) is 3.88. The standard InChI is InChI=1S/C11H18BrNO2/c1-8(2)10(7-14-3)13-6-11-9(12)4-5-15-11/h4-5,8,10,13H,6-7H2,1-3H3. The van der Waals surface area contributed by atoms with Crippen LogP contribution in [0.5, 0.6) is 0 Å². The molecule has 1 aromatic heterocycles. The molecule has 1 N–H and O–H groups in total. The van der Waals surface area contributed by atoms with E-state index in [1.165, 1.54) is 0 Å². The summed E-state index contributed by atoms with van der Waals surface area (Å²) in [5.41, 5.74) is 0. The molecule has 1 atom stereocenters. The topological polar surface area (TPSA) is 34.4 Å². The Morgan fingerprint density at radius 1 is 1.53 bits per heavy atom. The Bertz CT molecular complexity index is 286. The zero-order valence-electron chi connectivity index (χ0n) is 9.42. The predicted molar refractivity (Wildman–Crippen MR) is 63.7 cm³/mol. The van der Waals surface area contributed by atoms with Gasteiger partial charge in [-0.25, -0.2) is 0 Å². The fraction of sp³-hybridized carbons (Fsp3) is 0.636. The van der Waals surface area contributed by atoms with Crippen LogP contribution in [0.4, 0.5) is 0 Å². The summed E-state index contributed by atoms with van der Waals surface area (Å²) in [6.45, 7) is 5.79. The minimum Gasteiger partial charge on any atom is -0.467 e. The highest BCUT2D eigenvalue weighted by molar-refractivity contribution is 9.10. The molecule has 0 radical (unpaired) electrons. The van der Waals surface area contributed by atoms with E-state index in [1.807, 2.05) is 6.07 Å². The van der Waals surface area contributed by atoms with E-state index >= 15 is 0 Å². The van der Waals surface area contributed by atoms with Gasteiger partial charge in [-0.1, -0.05) is 13.8 Å². The fourth-order valence-electron chi connectivity index (χ4n) is 1.34. The second-order valence-corrected chi connectivity index (χ2v) is 4.73. The third-order valence-electron chi connectivity index (χ3n) is 2.37. The van der Waals surface area contributed by atoms with Gasteiger partial charge in [0.05, 0.1) is 23.9 Å². The molecule has 0 fully saturated rings. The third-order valence-corrected chi connectivity index (χ3v) is 3.07. The van der Waals surface area contributed by atoms with E-state index in [2.05, 4.69) is 35.1 Å². The molecule has 1 unspecified atom stereocenters. The van der Waals surface area contributed by atoms with Crippen LogP contribution < -0.4 is 5.32 Å². The van der Waals surface area contributed by atoms with E-state index in [1.54, 1.807) is 13.4 Å². The summed E-state index contributed by atoms with van der Waals surface area (Å²) in [5.74, 6) is 1.47. The van der Waals surface area contributed by atoms with Crippen LogP contribution in [-0.4, -0.2) is 19.8 Å². The van der Waals surface area contributed by atoms with Crippen molar-refractivity contribution >= 4 is 15.9 Å². The van der Waals surface area contributed by atoms with Gasteiger partial charge in [0.2, 0.25) is 0 Å². The Balaban J connectivity index is 2.43. The van der Waals surface area contributed by atoms with Gasteiger partial charge in [-0.3, -0.25) is 0 Å². The Morgan fingerprint density at radius 3 is 2.73 bits per heavy atom. The quantitative estimate of drug-likeness (QED) is 0.867. The number of hydrogen-bond acceptors (Lipinski definition) is 3. The average molecular weight is 276 g/mol. The number of furan rings is 1. The predicted octanol–water partition coefficient (Wildman–Crippen LogP) is 2.80. The molecule has 0 aliphatic heterocycles. The maximum absolute atomic E-state index is 5.32. The molecule has 0 amide bonds. The molecule has 0 aliphatic carbocycles. The van der Waals surface area contributed by atoms with Gasteiger partial charge in [-0.15, -0.1) is 0 Å². The summed E-state index contributed by atoms with van der Waals surface area (Å²) in [5, 5.41) is 3.41. The molecule has 0 bridgehead atoms.